The van der Waals surface area contributed by atoms with E-state index in [0.717, 1.165) is 22.7 Å². The van der Waals surface area contributed by atoms with E-state index in [1.54, 1.807) is 0 Å². The molecule has 0 bridgehead atoms. The molecule has 29 nitrogen and oxygen atoms in total. The maximum absolute atomic E-state index is 12.6. The van der Waals surface area contributed by atoms with Gasteiger partial charge in [0.2, 0.25) is 12.2 Å². The average molecular weight is 902 g/mol. The van der Waals surface area contributed by atoms with Crippen molar-refractivity contribution in [3.63, 3.8) is 0 Å². The lowest BCUT2D eigenvalue weighted by atomic mass is 9.99. The van der Waals surface area contributed by atoms with Crippen LogP contribution in [-0.2, 0) is 63.8 Å². The van der Waals surface area contributed by atoms with Crippen LogP contribution in [0.4, 0.5) is 15.1 Å². The largest absolute Gasteiger partial charge is 0.479 e. The van der Waals surface area contributed by atoms with E-state index in [2.05, 4.69) is 40.5 Å². The molecular weight excluding hydrogens is 871 g/mol. The second kappa shape index (κ2) is 17.9. The highest BCUT2D eigenvalue weighted by atomic mass is 32.2. The van der Waals surface area contributed by atoms with Gasteiger partial charge in [0.15, 0.2) is 21.7 Å². The van der Waals surface area contributed by atoms with Crippen LogP contribution in [0.5, 0.6) is 0 Å². The minimum absolute atomic E-state index is 0.0144. The predicted octanol–water partition coefficient (Wildman–Crippen LogP) is -4.05. The fraction of sp³-hybridized carbons (Fsp3) is 0.400. The van der Waals surface area contributed by atoms with Gasteiger partial charge in [0.25, 0.3) is 23.6 Å². The minimum Gasteiger partial charge on any atom is -0.479 e. The molecule has 4 heterocycles. The van der Waals surface area contributed by atoms with Gasteiger partial charge in [-0.25, -0.2) is 33.0 Å². The van der Waals surface area contributed by atoms with Crippen LogP contribution >= 0.6 is 22.7 Å². The molecule has 2 aromatic heterocycles. The summed E-state index contributed by atoms with van der Waals surface area (Å²) < 4.78 is 67.7. The van der Waals surface area contributed by atoms with Crippen molar-refractivity contribution in [1.82, 2.24) is 29.2 Å². The number of nitrogens with two attached hydrogens (primary N) is 3. The Hall–Kier alpha value is -6.29. The molecule has 4 atom stereocenters. The van der Waals surface area contributed by atoms with E-state index >= 15 is 0 Å². The standard InChI is InChI=1S/C13H17N5O8S2.C12H14N6O10S2/c1-5-7(10(20)18(5)28(23,24)25)16-9(19)8(6-4-27-12(14)15-6)17-26-13(2,3)11(21)22;13-11-15-4(3-29-11)7(17-28-2-6(19)20)9(21)16-8-5(1-27-12(14)23)18(10(8)22)30(24,25)26/h4-5,7H,1-3H3,(H2,14,15)(H,16,19)(H,21,22)(H,23,24,25);3,5,8H,1-2H2,(H2,13,15)(H2,14,23)(H,16,21)(H,19,20)(H,24,25,26)/b17-8-;17-7-/t5-,7-;5-,8+/m01/s1. The van der Waals surface area contributed by atoms with Crippen LogP contribution in [0.25, 0.3) is 0 Å². The number of carboxylic acid groups (broad SMARTS) is 2. The summed E-state index contributed by atoms with van der Waals surface area (Å²) >= 11 is 1.90. The van der Waals surface area contributed by atoms with E-state index in [-0.39, 0.29) is 30.3 Å². The van der Waals surface area contributed by atoms with Crippen LogP contribution in [0.2, 0.25) is 0 Å². The predicted molar refractivity (Wildman–Crippen MR) is 192 cm³/mol. The topological polar surface area (TPSA) is 455 Å². The Labute approximate surface area is 332 Å². The van der Waals surface area contributed by atoms with Gasteiger partial charge < -0.3 is 52.5 Å². The molecule has 4 rings (SSSR count). The highest BCUT2D eigenvalue weighted by Gasteiger charge is 2.55. The summed E-state index contributed by atoms with van der Waals surface area (Å²) in [5.74, 6) is -7.13. The fourth-order valence-corrected chi connectivity index (χ4v) is 7.21. The highest BCUT2D eigenvalue weighted by Crippen LogP contribution is 2.25. The summed E-state index contributed by atoms with van der Waals surface area (Å²) in [5, 5.41) is 31.7. The molecule has 0 spiro atoms. The zero-order valence-corrected chi connectivity index (χ0v) is 32.7. The van der Waals surface area contributed by atoms with Gasteiger partial charge in [-0.05, 0) is 20.8 Å². The van der Waals surface area contributed by atoms with Gasteiger partial charge >= 0.3 is 38.6 Å². The number of nitrogens with one attached hydrogen (secondary N) is 2. The first kappa shape index (κ1) is 46.1. The first-order chi connectivity index (χ1) is 26.7. The monoisotopic (exact) mass is 901 g/mol. The molecule has 0 unspecified atom stereocenters. The molecule has 2 aliphatic rings. The number of amides is 5. The highest BCUT2D eigenvalue weighted by molar-refractivity contribution is 7.84. The van der Waals surface area contributed by atoms with Crippen LogP contribution in [-0.4, -0.2) is 151 Å². The molecule has 12 N–H and O–H groups in total. The Morgan fingerprint density at radius 2 is 1.33 bits per heavy atom. The number of oxime groups is 2. The fourth-order valence-electron chi connectivity index (χ4n) is 4.37. The number of aliphatic carboxylic acids is 2. The zero-order valence-electron chi connectivity index (χ0n) is 29.4. The van der Waals surface area contributed by atoms with Crippen LogP contribution in [0.1, 0.15) is 32.2 Å². The van der Waals surface area contributed by atoms with Gasteiger partial charge in [-0.3, -0.25) is 28.3 Å². The van der Waals surface area contributed by atoms with Crippen molar-refractivity contribution < 1.29 is 84.1 Å². The molecule has 0 aromatic carbocycles. The summed E-state index contributed by atoms with van der Waals surface area (Å²) in [7, 11) is -9.78. The number of ether oxygens (including phenoxy) is 1. The number of β-lactam (4-membered cyclic amide) rings is 2. The average Bonchev–Trinajstić information content (AvgIpc) is 3.72. The van der Waals surface area contributed by atoms with Gasteiger partial charge in [-0.2, -0.15) is 16.8 Å². The smallest absolute Gasteiger partial charge is 0.404 e. The second-order valence-electron chi connectivity index (χ2n) is 11.7. The van der Waals surface area contributed by atoms with Gasteiger partial charge in [-0.15, -0.1) is 22.7 Å². The van der Waals surface area contributed by atoms with Crippen LogP contribution in [0.3, 0.4) is 0 Å². The Morgan fingerprint density at radius 1 is 0.862 bits per heavy atom. The van der Waals surface area contributed by atoms with Gasteiger partial charge in [0.1, 0.15) is 36.1 Å². The third kappa shape index (κ3) is 11.2. The molecule has 0 aliphatic carbocycles. The van der Waals surface area contributed by atoms with E-state index in [1.807, 2.05) is 0 Å². The summed E-state index contributed by atoms with van der Waals surface area (Å²) in [5.41, 5.74) is 12.8. The number of carbonyl (C=O) groups excluding carboxylic acids is 5. The third-order valence-electron chi connectivity index (χ3n) is 7.15. The van der Waals surface area contributed by atoms with Gasteiger partial charge in [0, 0.05) is 10.8 Å². The Kier molecular flexibility index (Phi) is 14.2. The molecule has 2 saturated heterocycles. The molecule has 2 aromatic rings. The van der Waals surface area contributed by atoms with E-state index < -0.39 is 117 Å². The number of nitrogens with zero attached hydrogens (tertiary/aromatic N) is 6. The number of carbonyl (C=O) groups is 7. The minimum atomic E-state index is -5.02. The Bertz CT molecular complexity index is 2270. The Morgan fingerprint density at radius 3 is 1.72 bits per heavy atom. The molecule has 318 valence electrons. The number of hydrogen-bond donors (Lipinski definition) is 9. The number of aromatic nitrogens is 2. The lowest BCUT2D eigenvalue weighted by molar-refractivity contribution is -0.161. The normalized spacial score (nSPS) is 19.7. The van der Waals surface area contributed by atoms with Crippen molar-refractivity contribution in [3.05, 3.63) is 22.1 Å². The number of anilines is 2. The summed E-state index contributed by atoms with van der Waals surface area (Å²) in [6.07, 6.45) is -1.29. The van der Waals surface area contributed by atoms with Gasteiger partial charge in [0.05, 0.1) is 6.04 Å². The molecule has 0 radical (unpaired) electrons. The number of hydrogen-bond acceptors (Lipinski definition) is 22. The first-order valence-electron chi connectivity index (χ1n) is 15.2. The van der Waals surface area contributed by atoms with Gasteiger partial charge in [-0.1, -0.05) is 10.3 Å². The van der Waals surface area contributed by atoms with E-state index in [4.69, 9.17) is 41.4 Å². The maximum atomic E-state index is 12.6. The number of thiazole rings is 2. The summed E-state index contributed by atoms with van der Waals surface area (Å²) in [6.45, 7) is 2.03. The second-order valence-corrected chi connectivity index (χ2v) is 16.0. The van der Waals surface area contributed by atoms with Crippen molar-refractivity contribution in [2.24, 2.45) is 16.0 Å². The lowest BCUT2D eigenvalue weighted by Gasteiger charge is -2.43. The van der Waals surface area contributed by atoms with Crippen molar-refractivity contribution in [3.8, 4) is 0 Å². The number of primary amides is 1. The van der Waals surface area contributed by atoms with E-state index in [0.29, 0.717) is 0 Å². The number of rotatable bonds is 16. The lowest BCUT2D eigenvalue weighted by Crippen LogP contribution is -2.73. The number of carboxylic acids is 2. The molecule has 2 aliphatic heterocycles. The Balaban J connectivity index is 0.000000311. The zero-order chi connectivity index (χ0) is 44.1. The molecule has 58 heavy (non-hydrogen) atoms. The van der Waals surface area contributed by atoms with Crippen molar-refractivity contribution in [1.29, 1.82) is 0 Å². The molecule has 0 saturated carbocycles. The third-order valence-corrected chi connectivity index (χ3v) is 10.5. The van der Waals surface area contributed by atoms with E-state index in [1.165, 1.54) is 31.5 Å². The van der Waals surface area contributed by atoms with Crippen LogP contribution < -0.4 is 27.8 Å². The van der Waals surface area contributed by atoms with Crippen LogP contribution in [0, 0.1) is 0 Å². The van der Waals surface area contributed by atoms with Crippen molar-refractivity contribution in [2.75, 3.05) is 24.7 Å². The molecule has 33 heteroatoms. The summed E-state index contributed by atoms with van der Waals surface area (Å²) in [6, 6.07) is -5.39. The van der Waals surface area contributed by atoms with Crippen molar-refractivity contribution in [2.45, 2.75) is 50.5 Å². The number of nitrogen functional groups attached to an aromatic ring is 2. The van der Waals surface area contributed by atoms with Crippen molar-refractivity contribution >= 4 is 107 Å². The van der Waals surface area contributed by atoms with Crippen LogP contribution in [0.15, 0.2) is 21.1 Å². The molecule has 5 amide bonds. The van der Waals surface area contributed by atoms with E-state index in [9.17, 15) is 50.4 Å². The molecular formula is C25H31N11O18S4. The maximum Gasteiger partial charge on any atom is 0.404 e. The quantitative estimate of drug-likeness (QED) is 0.0335. The summed E-state index contributed by atoms with van der Waals surface area (Å²) in [4.78, 5) is 98.7. The first-order valence-corrected chi connectivity index (χ1v) is 19.7. The SMILES string of the molecule is C[C@H]1[C@H](NC(=O)/C(=N\OC(C)(C)C(=O)O)c2csc(N)n2)C(=O)N1S(=O)(=O)O.NC(=O)OC[C@@H]1[C@H](NC(=O)/C(=N\OCC(=O)O)c2csc(N)n2)C(=O)N1S(=O)(=O)O. The molecule has 2 fully saturated rings.